The van der Waals surface area contributed by atoms with Crippen LogP contribution in [0.15, 0.2) is 16.7 Å². The van der Waals surface area contributed by atoms with Gasteiger partial charge in [0.15, 0.2) is 0 Å². The first kappa shape index (κ1) is 12.3. The Morgan fingerprint density at radius 3 is 2.83 bits per heavy atom. The molecule has 2 nitrogen and oxygen atoms in total. The summed E-state index contributed by atoms with van der Waals surface area (Å²) in [6, 6.07) is 2.00. The third kappa shape index (κ3) is 1.91. The molecule has 18 heavy (non-hydrogen) atoms. The Labute approximate surface area is 109 Å². The highest BCUT2D eigenvalue weighted by Gasteiger charge is 2.43. The smallest absolute Gasteiger partial charge is 0.109 e. The SMILES string of the molecule is CCC1CCC(C2(O)CCCc3occc32)CC1. The molecule has 1 saturated carbocycles. The van der Waals surface area contributed by atoms with Crippen molar-refractivity contribution in [2.24, 2.45) is 11.8 Å². The van der Waals surface area contributed by atoms with E-state index in [-0.39, 0.29) is 0 Å². The molecular formula is C16H24O2. The fraction of sp³-hybridized carbons (Fsp3) is 0.750. The zero-order valence-corrected chi connectivity index (χ0v) is 11.3. The van der Waals surface area contributed by atoms with Crippen LogP contribution in [0.25, 0.3) is 0 Å². The van der Waals surface area contributed by atoms with Crippen LogP contribution in [-0.2, 0) is 12.0 Å². The van der Waals surface area contributed by atoms with Crippen molar-refractivity contribution in [3.63, 3.8) is 0 Å². The summed E-state index contributed by atoms with van der Waals surface area (Å²) in [6.07, 6.45) is 11.0. The Balaban J connectivity index is 1.80. The van der Waals surface area contributed by atoms with Crippen LogP contribution >= 0.6 is 0 Å². The van der Waals surface area contributed by atoms with Crippen LogP contribution in [0.4, 0.5) is 0 Å². The van der Waals surface area contributed by atoms with Gasteiger partial charge in [0, 0.05) is 12.0 Å². The lowest BCUT2D eigenvalue weighted by Crippen LogP contribution is -2.39. The number of aryl methyl sites for hydroxylation is 1. The number of aliphatic hydroxyl groups is 1. The molecule has 1 N–H and O–H groups in total. The van der Waals surface area contributed by atoms with Crippen molar-refractivity contribution in [3.8, 4) is 0 Å². The quantitative estimate of drug-likeness (QED) is 0.857. The number of hydrogen-bond acceptors (Lipinski definition) is 2. The first-order chi connectivity index (χ1) is 8.74. The van der Waals surface area contributed by atoms with Crippen LogP contribution in [0, 0.1) is 11.8 Å². The van der Waals surface area contributed by atoms with Crippen LogP contribution in [0.1, 0.15) is 63.2 Å². The van der Waals surface area contributed by atoms with Crippen molar-refractivity contribution in [2.45, 2.75) is 63.9 Å². The second kappa shape index (κ2) is 4.73. The van der Waals surface area contributed by atoms with Gasteiger partial charge in [0.25, 0.3) is 0 Å². The molecule has 1 aromatic rings. The van der Waals surface area contributed by atoms with Gasteiger partial charge in [-0.2, -0.15) is 0 Å². The van der Waals surface area contributed by atoms with Gasteiger partial charge in [0.05, 0.1) is 11.9 Å². The standard InChI is InChI=1S/C16H24O2/c1-2-12-5-7-13(8-6-12)16(17)10-3-4-15-14(16)9-11-18-15/h9,11-13,17H,2-8,10H2,1H3. The minimum absolute atomic E-state index is 0.442. The molecule has 0 radical (unpaired) electrons. The lowest BCUT2D eigenvalue weighted by atomic mass is 9.67. The van der Waals surface area contributed by atoms with Crippen molar-refractivity contribution in [1.29, 1.82) is 0 Å². The molecule has 0 aromatic carbocycles. The molecule has 1 aromatic heterocycles. The van der Waals surface area contributed by atoms with Crippen LogP contribution in [-0.4, -0.2) is 5.11 Å². The Bertz CT molecular complexity index is 401. The molecule has 1 fully saturated rings. The predicted octanol–water partition coefficient (Wildman–Crippen LogP) is 4.02. The van der Waals surface area contributed by atoms with E-state index >= 15 is 0 Å². The van der Waals surface area contributed by atoms with Gasteiger partial charge in [0.2, 0.25) is 0 Å². The highest BCUT2D eigenvalue weighted by molar-refractivity contribution is 5.28. The molecular weight excluding hydrogens is 224 g/mol. The van der Waals surface area contributed by atoms with E-state index in [1.54, 1.807) is 6.26 Å². The number of furan rings is 1. The molecule has 3 rings (SSSR count). The summed E-state index contributed by atoms with van der Waals surface area (Å²) in [7, 11) is 0. The summed E-state index contributed by atoms with van der Waals surface area (Å²) in [5.41, 5.74) is 0.493. The van der Waals surface area contributed by atoms with Crippen LogP contribution < -0.4 is 0 Å². The monoisotopic (exact) mass is 248 g/mol. The first-order valence-corrected chi connectivity index (χ1v) is 7.53. The Kier molecular flexibility index (Phi) is 3.23. The molecule has 2 aliphatic rings. The normalized spacial score (nSPS) is 36.3. The van der Waals surface area contributed by atoms with Gasteiger partial charge in [-0.1, -0.05) is 26.2 Å². The van der Waals surface area contributed by atoms with E-state index in [4.69, 9.17) is 4.42 Å². The van der Waals surface area contributed by atoms with Gasteiger partial charge in [-0.25, -0.2) is 0 Å². The average Bonchev–Trinajstić information content (AvgIpc) is 2.89. The van der Waals surface area contributed by atoms with Crippen LogP contribution in [0.2, 0.25) is 0 Å². The maximum atomic E-state index is 11.1. The highest BCUT2D eigenvalue weighted by atomic mass is 16.3. The third-order valence-electron chi connectivity index (χ3n) is 5.27. The van der Waals surface area contributed by atoms with Gasteiger partial charge in [-0.3, -0.25) is 0 Å². The lowest BCUT2D eigenvalue weighted by molar-refractivity contribution is -0.0589. The fourth-order valence-corrected chi connectivity index (χ4v) is 4.05. The Morgan fingerprint density at radius 2 is 2.11 bits per heavy atom. The van der Waals surface area contributed by atoms with Crippen LogP contribution in [0.5, 0.6) is 0 Å². The van der Waals surface area contributed by atoms with Crippen molar-refractivity contribution >= 4 is 0 Å². The van der Waals surface area contributed by atoms with Gasteiger partial charge in [-0.15, -0.1) is 0 Å². The van der Waals surface area contributed by atoms with Gasteiger partial charge in [-0.05, 0) is 43.6 Å². The number of rotatable bonds is 2. The maximum Gasteiger partial charge on any atom is 0.109 e. The van der Waals surface area contributed by atoms with Crippen molar-refractivity contribution < 1.29 is 9.52 Å². The minimum Gasteiger partial charge on any atom is -0.469 e. The summed E-state index contributed by atoms with van der Waals surface area (Å²) in [5, 5.41) is 11.1. The summed E-state index contributed by atoms with van der Waals surface area (Å²) in [4.78, 5) is 0. The van der Waals surface area contributed by atoms with E-state index in [1.165, 1.54) is 32.1 Å². The largest absolute Gasteiger partial charge is 0.469 e. The molecule has 0 spiro atoms. The number of hydrogen-bond donors (Lipinski definition) is 1. The lowest BCUT2D eigenvalue weighted by Gasteiger charge is -2.42. The van der Waals surface area contributed by atoms with Crippen molar-refractivity contribution in [2.75, 3.05) is 0 Å². The van der Waals surface area contributed by atoms with E-state index in [9.17, 15) is 5.11 Å². The summed E-state index contributed by atoms with van der Waals surface area (Å²) < 4.78 is 5.52. The summed E-state index contributed by atoms with van der Waals surface area (Å²) in [5.74, 6) is 2.36. The van der Waals surface area contributed by atoms with E-state index in [1.807, 2.05) is 6.07 Å². The molecule has 0 aliphatic heterocycles. The number of fused-ring (bicyclic) bond motifs is 1. The minimum atomic E-state index is -0.598. The zero-order chi connectivity index (χ0) is 12.6. The van der Waals surface area contributed by atoms with E-state index in [0.29, 0.717) is 5.92 Å². The van der Waals surface area contributed by atoms with Gasteiger partial charge >= 0.3 is 0 Å². The van der Waals surface area contributed by atoms with E-state index in [2.05, 4.69) is 6.92 Å². The molecule has 0 amide bonds. The zero-order valence-electron chi connectivity index (χ0n) is 11.3. The second-order valence-corrected chi connectivity index (χ2v) is 6.16. The Hall–Kier alpha value is -0.760. The summed E-state index contributed by atoms with van der Waals surface area (Å²) >= 11 is 0. The molecule has 100 valence electrons. The molecule has 1 unspecified atom stereocenters. The fourth-order valence-electron chi connectivity index (χ4n) is 4.05. The molecule has 0 bridgehead atoms. The predicted molar refractivity (Wildman–Crippen MR) is 71.3 cm³/mol. The van der Waals surface area contributed by atoms with Gasteiger partial charge < -0.3 is 9.52 Å². The van der Waals surface area contributed by atoms with E-state index < -0.39 is 5.60 Å². The van der Waals surface area contributed by atoms with Crippen LogP contribution in [0.3, 0.4) is 0 Å². The van der Waals surface area contributed by atoms with Crippen molar-refractivity contribution in [1.82, 2.24) is 0 Å². The molecule has 2 aliphatic carbocycles. The topological polar surface area (TPSA) is 33.4 Å². The second-order valence-electron chi connectivity index (χ2n) is 6.16. The first-order valence-electron chi connectivity index (χ1n) is 7.53. The molecule has 0 saturated heterocycles. The Morgan fingerprint density at radius 1 is 1.33 bits per heavy atom. The molecule has 1 atom stereocenters. The molecule has 2 heteroatoms. The maximum absolute atomic E-state index is 11.1. The molecule has 1 heterocycles. The van der Waals surface area contributed by atoms with Gasteiger partial charge in [0.1, 0.15) is 5.76 Å². The van der Waals surface area contributed by atoms with E-state index in [0.717, 1.165) is 36.5 Å². The highest BCUT2D eigenvalue weighted by Crippen LogP contribution is 2.47. The third-order valence-corrected chi connectivity index (χ3v) is 5.27. The van der Waals surface area contributed by atoms with Crippen molar-refractivity contribution in [3.05, 3.63) is 23.7 Å². The average molecular weight is 248 g/mol. The summed E-state index contributed by atoms with van der Waals surface area (Å²) in [6.45, 7) is 2.29.